The van der Waals surface area contributed by atoms with Crippen LogP contribution in [0.2, 0.25) is 0 Å². The molecule has 0 saturated carbocycles. The van der Waals surface area contributed by atoms with Crippen LogP contribution < -0.4 is 15.4 Å². The Bertz CT molecular complexity index is 914. The molecule has 0 aliphatic carbocycles. The number of hydrogen-bond donors (Lipinski definition) is 2. The number of aromatic nitrogens is 2. The molecule has 0 fully saturated rings. The molecule has 0 saturated heterocycles. The van der Waals surface area contributed by atoms with Gasteiger partial charge in [-0.2, -0.15) is 0 Å². The van der Waals surface area contributed by atoms with E-state index >= 15 is 0 Å². The van der Waals surface area contributed by atoms with Gasteiger partial charge in [-0.05, 0) is 42.8 Å². The number of benzene rings is 2. The van der Waals surface area contributed by atoms with Gasteiger partial charge < -0.3 is 15.4 Å². The third kappa shape index (κ3) is 6.26. The molecule has 1 heterocycles. The molecule has 0 aliphatic rings. The topological polar surface area (TPSA) is 76.1 Å². The number of nitrogens with zero attached hydrogens (tertiary/aromatic N) is 2. The molecule has 0 radical (unpaired) electrons. The van der Waals surface area contributed by atoms with E-state index < -0.39 is 0 Å². The molecular weight excluding hydrogens is 380 g/mol. The minimum absolute atomic E-state index is 0.102. The Morgan fingerprint density at radius 2 is 1.96 bits per heavy atom. The second kappa shape index (κ2) is 9.38. The average Bonchev–Trinajstić information content (AvgIpc) is 3.06. The van der Waals surface area contributed by atoms with Gasteiger partial charge in [0, 0.05) is 24.1 Å². The van der Waals surface area contributed by atoms with Gasteiger partial charge in [0.15, 0.2) is 4.34 Å². The molecule has 0 bridgehead atoms. The highest BCUT2D eigenvalue weighted by Crippen LogP contribution is 2.28. The minimum Gasteiger partial charge on any atom is -0.493 e. The fourth-order valence-electron chi connectivity index (χ4n) is 2.31. The van der Waals surface area contributed by atoms with Gasteiger partial charge in [0.25, 0.3) is 0 Å². The molecule has 0 spiro atoms. The summed E-state index contributed by atoms with van der Waals surface area (Å²) in [7, 11) is 0. The standard InChI is InChI=1S/C19H20N4O2S2/c1-13-5-3-8-17(11-13)25-9-10-26-19-23-22-18(27-19)21-16-7-4-6-15(12-16)20-14(2)24/h3-8,11-12H,9-10H2,1-2H3,(H,20,24)(H,21,22). The van der Waals surface area contributed by atoms with Crippen molar-refractivity contribution < 1.29 is 9.53 Å². The Labute approximate surface area is 166 Å². The van der Waals surface area contributed by atoms with E-state index in [2.05, 4.69) is 20.8 Å². The van der Waals surface area contributed by atoms with Crippen molar-refractivity contribution in [1.29, 1.82) is 0 Å². The van der Waals surface area contributed by atoms with Gasteiger partial charge in [0.05, 0.1) is 6.61 Å². The lowest BCUT2D eigenvalue weighted by Gasteiger charge is -2.06. The minimum atomic E-state index is -0.102. The zero-order valence-electron chi connectivity index (χ0n) is 15.1. The number of thioether (sulfide) groups is 1. The van der Waals surface area contributed by atoms with E-state index in [0.29, 0.717) is 11.7 Å². The van der Waals surface area contributed by atoms with Crippen LogP contribution in [0.25, 0.3) is 0 Å². The maximum atomic E-state index is 11.2. The molecular formula is C19H20N4O2S2. The number of anilines is 3. The van der Waals surface area contributed by atoms with Crippen LogP contribution in [-0.4, -0.2) is 28.5 Å². The summed E-state index contributed by atoms with van der Waals surface area (Å²) in [5.41, 5.74) is 2.76. The fourth-order valence-corrected chi connectivity index (χ4v) is 3.97. The van der Waals surface area contributed by atoms with Gasteiger partial charge >= 0.3 is 0 Å². The highest BCUT2D eigenvalue weighted by Gasteiger charge is 2.06. The van der Waals surface area contributed by atoms with Gasteiger partial charge in [-0.25, -0.2) is 0 Å². The van der Waals surface area contributed by atoms with Crippen molar-refractivity contribution >= 4 is 45.5 Å². The van der Waals surface area contributed by atoms with Crippen molar-refractivity contribution in [2.45, 2.75) is 18.2 Å². The number of carbonyl (C=O) groups excluding carboxylic acids is 1. The van der Waals surface area contributed by atoms with E-state index in [-0.39, 0.29) is 5.91 Å². The SMILES string of the molecule is CC(=O)Nc1cccc(Nc2nnc(SCCOc3cccc(C)c3)s2)c1. The van der Waals surface area contributed by atoms with Crippen LogP contribution in [0, 0.1) is 6.92 Å². The van der Waals surface area contributed by atoms with Crippen LogP contribution in [0.4, 0.5) is 16.5 Å². The monoisotopic (exact) mass is 400 g/mol. The molecule has 3 aromatic rings. The average molecular weight is 401 g/mol. The number of nitrogens with one attached hydrogen (secondary N) is 2. The van der Waals surface area contributed by atoms with Gasteiger partial charge in [0.2, 0.25) is 11.0 Å². The maximum absolute atomic E-state index is 11.2. The van der Waals surface area contributed by atoms with E-state index in [1.807, 2.05) is 55.5 Å². The Morgan fingerprint density at radius 1 is 1.15 bits per heavy atom. The normalized spacial score (nSPS) is 10.4. The Hall–Kier alpha value is -2.58. The summed E-state index contributed by atoms with van der Waals surface area (Å²) < 4.78 is 6.62. The van der Waals surface area contributed by atoms with E-state index in [1.165, 1.54) is 23.8 Å². The van der Waals surface area contributed by atoms with Crippen LogP contribution in [0.5, 0.6) is 5.75 Å². The lowest BCUT2D eigenvalue weighted by molar-refractivity contribution is -0.114. The first-order chi connectivity index (χ1) is 13.1. The van der Waals surface area contributed by atoms with Gasteiger partial charge in [-0.1, -0.05) is 41.3 Å². The van der Waals surface area contributed by atoms with Crippen molar-refractivity contribution in [3.63, 3.8) is 0 Å². The molecule has 1 amide bonds. The van der Waals surface area contributed by atoms with Crippen molar-refractivity contribution in [2.75, 3.05) is 23.0 Å². The van der Waals surface area contributed by atoms with E-state index in [9.17, 15) is 4.79 Å². The van der Waals surface area contributed by atoms with E-state index in [0.717, 1.165) is 27.2 Å². The molecule has 1 aromatic heterocycles. The lowest BCUT2D eigenvalue weighted by Crippen LogP contribution is -2.05. The van der Waals surface area contributed by atoms with Crippen molar-refractivity contribution in [1.82, 2.24) is 10.2 Å². The quantitative estimate of drug-likeness (QED) is 0.421. The molecule has 6 nitrogen and oxygen atoms in total. The van der Waals surface area contributed by atoms with Crippen LogP contribution in [-0.2, 0) is 4.79 Å². The molecule has 140 valence electrons. The zero-order chi connectivity index (χ0) is 19.1. The summed E-state index contributed by atoms with van der Waals surface area (Å²) in [5.74, 6) is 1.57. The number of amides is 1. The molecule has 27 heavy (non-hydrogen) atoms. The zero-order valence-corrected chi connectivity index (χ0v) is 16.7. The summed E-state index contributed by atoms with van der Waals surface area (Å²) in [4.78, 5) is 11.2. The summed E-state index contributed by atoms with van der Waals surface area (Å²) >= 11 is 3.09. The summed E-state index contributed by atoms with van der Waals surface area (Å²) in [5, 5.41) is 15.0. The molecule has 3 rings (SSSR count). The number of carbonyl (C=O) groups is 1. The Kier molecular flexibility index (Phi) is 6.67. The van der Waals surface area contributed by atoms with Gasteiger partial charge in [0.1, 0.15) is 5.75 Å². The van der Waals surface area contributed by atoms with E-state index in [1.54, 1.807) is 11.8 Å². The number of ether oxygens (including phenoxy) is 1. The summed E-state index contributed by atoms with van der Waals surface area (Å²) in [6.45, 7) is 4.13. The number of aryl methyl sites for hydroxylation is 1. The molecule has 0 atom stereocenters. The van der Waals surface area contributed by atoms with Crippen LogP contribution >= 0.6 is 23.1 Å². The smallest absolute Gasteiger partial charge is 0.221 e. The summed E-state index contributed by atoms with van der Waals surface area (Å²) in [6, 6.07) is 15.5. The predicted molar refractivity (Wildman–Crippen MR) is 111 cm³/mol. The molecule has 2 aromatic carbocycles. The second-order valence-electron chi connectivity index (χ2n) is 5.77. The number of hydrogen-bond acceptors (Lipinski definition) is 7. The van der Waals surface area contributed by atoms with Crippen molar-refractivity contribution in [2.24, 2.45) is 0 Å². The van der Waals surface area contributed by atoms with Gasteiger partial charge in [-0.3, -0.25) is 4.79 Å². The fraction of sp³-hybridized carbons (Fsp3) is 0.211. The lowest BCUT2D eigenvalue weighted by atomic mass is 10.2. The highest BCUT2D eigenvalue weighted by atomic mass is 32.2. The van der Waals surface area contributed by atoms with Crippen LogP contribution in [0.15, 0.2) is 52.9 Å². The molecule has 8 heteroatoms. The van der Waals surface area contributed by atoms with Crippen molar-refractivity contribution in [3.05, 3.63) is 54.1 Å². The van der Waals surface area contributed by atoms with Gasteiger partial charge in [-0.15, -0.1) is 10.2 Å². The number of rotatable bonds is 8. The second-order valence-corrected chi connectivity index (χ2v) is 8.09. The maximum Gasteiger partial charge on any atom is 0.221 e. The van der Waals surface area contributed by atoms with Crippen molar-refractivity contribution in [3.8, 4) is 5.75 Å². The summed E-state index contributed by atoms with van der Waals surface area (Å²) in [6.07, 6.45) is 0. The third-order valence-corrected chi connectivity index (χ3v) is 5.34. The largest absolute Gasteiger partial charge is 0.493 e. The molecule has 2 N–H and O–H groups in total. The third-order valence-electron chi connectivity index (χ3n) is 3.41. The first-order valence-electron chi connectivity index (χ1n) is 8.39. The Morgan fingerprint density at radius 3 is 2.78 bits per heavy atom. The van der Waals surface area contributed by atoms with E-state index in [4.69, 9.17) is 4.74 Å². The highest BCUT2D eigenvalue weighted by molar-refractivity contribution is 8.01. The predicted octanol–water partition coefficient (Wildman–Crippen LogP) is 4.72. The first kappa shape index (κ1) is 19.2. The van der Waals surface area contributed by atoms with Crippen LogP contribution in [0.3, 0.4) is 0 Å². The molecule has 0 aliphatic heterocycles. The van der Waals surface area contributed by atoms with Crippen LogP contribution in [0.1, 0.15) is 12.5 Å². The molecule has 0 unspecified atom stereocenters. The Balaban J connectivity index is 1.48. The first-order valence-corrected chi connectivity index (χ1v) is 10.2.